The van der Waals surface area contributed by atoms with Crippen LogP contribution in [-0.2, 0) is 10.2 Å². The van der Waals surface area contributed by atoms with Crippen LogP contribution in [0.15, 0.2) is 18.2 Å². The van der Waals surface area contributed by atoms with Gasteiger partial charge in [0.1, 0.15) is 11.5 Å². The number of aliphatic hydroxyl groups is 1. The molecule has 2 rings (SSSR count). The molecule has 1 aliphatic rings. The summed E-state index contributed by atoms with van der Waals surface area (Å²) in [5.74, 6) is 1.80. The molecule has 0 aliphatic carbocycles. The van der Waals surface area contributed by atoms with Crippen LogP contribution in [0.1, 0.15) is 18.9 Å². The van der Waals surface area contributed by atoms with Gasteiger partial charge < -0.3 is 19.3 Å². The third-order valence-corrected chi connectivity index (χ3v) is 4.16. The summed E-state index contributed by atoms with van der Waals surface area (Å²) in [6.07, 6.45) is 0.903. The van der Waals surface area contributed by atoms with Gasteiger partial charge in [0.2, 0.25) is 0 Å². The van der Waals surface area contributed by atoms with Gasteiger partial charge in [-0.25, -0.2) is 0 Å². The summed E-state index contributed by atoms with van der Waals surface area (Å²) in [7, 11) is 3.32. The smallest absolute Gasteiger partial charge is 0.123 e. The molecule has 1 saturated heterocycles. The second-order valence-corrected chi connectivity index (χ2v) is 5.00. The zero-order chi connectivity index (χ0) is 13.9. The molecule has 1 aliphatic heterocycles. The van der Waals surface area contributed by atoms with Crippen molar-refractivity contribution >= 4 is 0 Å². The van der Waals surface area contributed by atoms with Crippen molar-refractivity contribution in [3.8, 4) is 11.5 Å². The van der Waals surface area contributed by atoms with E-state index in [0.29, 0.717) is 13.2 Å². The molecule has 106 valence electrons. The molecule has 1 N–H and O–H groups in total. The maximum absolute atomic E-state index is 9.65. The van der Waals surface area contributed by atoms with Gasteiger partial charge in [-0.05, 0) is 24.1 Å². The molecule has 4 nitrogen and oxygen atoms in total. The van der Waals surface area contributed by atoms with Crippen LogP contribution in [0.4, 0.5) is 0 Å². The van der Waals surface area contributed by atoms with E-state index in [1.165, 1.54) is 0 Å². The topological polar surface area (TPSA) is 47.9 Å². The van der Waals surface area contributed by atoms with Crippen molar-refractivity contribution in [3.05, 3.63) is 23.8 Å². The average molecular weight is 266 g/mol. The highest BCUT2D eigenvalue weighted by atomic mass is 16.5. The Labute approximate surface area is 114 Å². The lowest BCUT2D eigenvalue weighted by atomic mass is 9.67. The first-order chi connectivity index (χ1) is 9.21. The van der Waals surface area contributed by atoms with Crippen LogP contribution >= 0.6 is 0 Å². The third-order valence-electron chi connectivity index (χ3n) is 4.16. The molecule has 0 amide bonds. The molecule has 0 saturated carbocycles. The van der Waals surface area contributed by atoms with Crippen molar-refractivity contribution in [1.82, 2.24) is 0 Å². The van der Waals surface area contributed by atoms with E-state index in [0.717, 1.165) is 23.5 Å². The molecule has 19 heavy (non-hydrogen) atoms. The van der Waals surface area contributed by atoms with Gasteiger partial charge in [-0.3, -0.25) is 0 Å². The molecule has 0 aromatic heterocycles. The number of ether oxygens (including phenoxy) is 3. The normalized spacial score (nSPS) is 18.5. The van der Waals surface area contributed by atoms with E-state index in [1.54, 1.807) is 14.2 Å². The monoisotopic (exact) mass is 266 g/mol. The van der Waals surface area contributed by atoms with Crippen molar-refractivity contribution in [2.24, 2.45) is 5.92 Å². The highest BCUT2D eigenvalue weighted by molar-refractivity contribution is 5.46. The van der Waals surface area contributed by atoms with Crippen LogP contribution in [-0.4, -0.2) is 39.1 Å². The van der Waals surface area contributed by atoms with Gasteiger partial charge in [0.15, 0.2) is 0 Å². The second-order valence-electron chi connectivity index (χ2n) is 5.00. The molecule has 1 heterocycles. The van der Waals surface area contributed by atoms with Crippen LogP contribution < -0.4 is 9.47 Å². The Hall–Kier alpha value is -1.26. The van der Waals surface area contributed by atoms with Crippen LogP contribution in [0.25, 0.3) is 0 Å². The fraction of sp³-hybridized carbons (Fsp3) is 0.600. The predicted octanol–water partition coefficient (Wildman–Crippen LogP) is 1.99. The molecular formula is C15H22O4. The fourth-order valence-corrected chi connectivity index (χ4v) is 2.83. The first kappa shape index (κ1) is 14.2. The lowest BCUT2D eigenvalue weighted by Gasteiger charge is -2.47. The highest BCUT2D eigenvalue weighted by Gasteiger charge is 2.47. The van der Waals surface area contributed by atoms with Gasteiger partial charge in [0.25, 0.3) is 0 Å². The van der Waals surface area contributed by atoms with Crippen LogP contribution in [0, 0.1) is 5.92 Å². The minimum absolute atomic E-state index is 0.153. The maximum Gasteiger partial charge on any atom is 0.123 e. The quantitative estimate of drug-likeness (QED) is 0.855. The van der Waals surface area contributed by atoms with E-state index >= 15 is 0 Å². The number of methoxy groups -OCH3 is 2. The van der Waals surface area contributed by atoms with E-state index in [9.17, 15) is 5.11 Å². The number of benzene rings is 1. The van der Waals surface area contributed by atoms with Gasteiger partial charge in [-0.1, -0.05) is 13.3 Å². The maximum atomic E-state index is 9.65. The van der Waals surface area contributed by atoms with Crippen LogP contribution in [0.3, 0.4) is 0 Å². The van der Waals surface area contributed by atoms with E-state index in [4.69, 9.17) is 14.2 Å². The Bertz CT molecular complexity index is 422. The van der Waals surface area contributed by atoms with Crippen LogP contribution in [0.2, 0.25) is 0 Å². The molecule has 0 radical (unpaired) electrons. The van der Waals surface area contributed by atoms with Gasteiger partial charge >= 0.3 is 0 Å². The average Bonchev–Trinajstić information content (AvgIpc) is 2.42. The number of hydrogen-bond donors (Lipinski definition) is 1. The van der Waals surface area contributed by atoms with E-state index in [2.05, 4.69) is 6.92 Å². The number of rotatable bonds is 6. The first-order valence-corrected chi connectivity index (χ1v) is 6.63. The molecule has 0 bridgehead atoms. The summed E-state index contributed by atoms with van der Waals surface area (Å²) < 4.78 is 16.2. The van der Waals surface area contributed by atoms with Crippen molar-refractivity contribution in [1.29, 1.82) is 0 Å². The van der Waals surface area contributed by atoms with E-state index in [-0.39, 0.29) is 17.9 Å². The lowest BCUT2D eigenvalue weighted by Crippen LogP contribution is -2.53. The Morgan fingerprint density at radius 1 is 1.32 bits per heavy atom. The predicted molar refractivity (Wildman–Crippen MR) is 72.9 cm³/mol. The Morgan fingerprint density at radius 2 is 2.05 bits per heavy atom. The van der Waals surface area contributed by atoms with Crippen molar-refractivity contribution in [2.75, 3.05) is 34.0 Å². The second kappa shape index (κ2) is 5.80. The molecule has 1 aromatic carbocycles. The van der Waals surface area contributed by atoms with Gasteiger partial charge in [-0.15, -0.1) is 0 Å². The zero-order valence-corrected chi connectivity index (χ0v) is 11.8. The van der Waals surface area contributed by atoms with Crippen molar-refractivity contribution in [2.45, 2.75) is 18.8 Å². The standard InChI is InChI=1S/C15H22O4/c1-4-11(8-16)15(9-19-10-15)13-7-12(17-2)5-6-14(13)18-3/h5-7,11,16H,4,8-10H2,1-3H3. The van der Waals surface area contributed by atoms with Gasteiger partial charge in [-0.2, -0.15) is 0 Å². The molecule has 0 spiro atoms. The molecule has 1 fully saturated rings. The summed E-state index contributed by atoms with van der Waals surface area (Å²) >= 11 is 0. The molecule has 1 atom stereocenters. The SMILES string of the molecule is CCC(CO)C1(c2cc(OC)ccc2OC)COC1. The van der Waals surface area contributed by atoms with Crippen molar-refractivity contribution < 1.29 is 19.3 Å². The Balaban J connectivity index is 2.47. The fourth-order valence-electron chi connectivity index (χ4n) is 2.83. The molecule has 1 unspecified atom stereocenters. The first-order valence-electron chi connectivity index (χ1n) is 6.63. The van der Waals surface area contributed by atoms with E-state index in [1.807, 2.05) is 18.2 Å². The third kappa shape index (κ3) is 2.30. The summed E-state index contributed by atoms with van der Waals surface area (Å²) in [4.78, 5) is 0. The van der Waals surface area contributed by atoms with Crippen LogP contribution in [0.5, 0.6) is 11.5 Å². The number of hydrogen-bond acceptors (Lipinski definition) is 4. The summed E-state index contributed by atoms with van der Waals surface area (Å²) in [5.41, 5.74) is 0.908. The number of aliphatic hydroxyl groups excluding tert-OH is 1. The Morgan fingerprint density at radius 3 is 2.47 bits per heavy atom. The molecule has 1 aromatic rings. The van der Waals surface area contributed by atoms with Crippen molar-refractivity contribution in [3.63, 3.8) is 0 Å². The summed E-state index contributed by atoms with van der Waals surface area (Å²) in [6.45, 7) is 3.49. The largest absolute Gasteiger partial charge is 0.497 e. The van der Waals surface area contributed by atoms with Gasteiger partial charge in [0, 0.05) is 12.2 Å². The van der Waals surface area contributed by atoms with E-state index < -0.39 is 0 Å². The minimum atomic E-state index is -0.163. The van der Waals surface area contributed by atoms with Gasteiger partial charge in [0.05, 0.1) is 32.8 Å². The lowest BCUT2D eigenvalue weighted by molar-refractivity contribution is -0.102. The summed E-state index contributed by atoms with van der Waals surface area (Å²) in [5, 5.41) is 9.65. The highest BCUT2D eigenvalue weighted by Crippen LogP contribution is 2.45. The zero-order valence-electron chi connectivity index (χ0n) is 11.8. The Kier molecular flexibility index (Phi) is 4.32. The molecular weight excluding hydrogens is 244 g/mol. The summed E-state index contributed by atoms with van der Waals surface area (Å²) in [6, 6.07) is 5.80. The molecule has 4 heteroatoms. The minimum Gasteiger partial charge on any atom is -0.497 e.